The predicted octanol–water partition coefficient (Wildman–Crippen LogP) is 0.394. The topological polar surface area (TPSA) is 114 Å². The molecule has 0 bridgehead atoms. The third-order valence-electron chi connectivity index (χ3n) is 1.30. The van der Waals surface area contributed by atoms with Gasteiger partial charge in [-0.15, -0.1) is 0 Å². The highest BCUT2D eigenvalue weighted by Gasteiger charge is 2.20. The molecule has 68 valence electrons. The third-order valence-corrected chi connectivity index (χ3v) is 1.30. The van der Waals surface area contributed by atoms with Crippen LogP contribution in [0.3, 0.4) is 0 Å². The Labute approximate surface area is 71.4 Å². The molecule has 0 aliphatic rings. The van der Waals surface area contributed by atoms with Crippen molar-refractivity contribution in [2.24, 2.45) is 0 Å². The van der Waals surface area contributed by atoms with E-state index in [4.69, 9.17) is 10.2 Å². The molecule has 0 aromatic carbocycles. The van der Waals surface area contributed by atoms with E-state index in [1.807, 2.05) is 0 Å². The number of pyridine rings is 1. The summed E-state index contributed by atoms with van der Waals surface area (Å²) in [6.07, 6.45) is 0.693. The Balaban J connectivity index is 3.35. The fourth-order valence-corrected chi connectivity index (χ4v) is 0.754. The number of rotatable bonds is 2. The number of nitro groups is 1. The zero-order valence-corrected chi connectivity index (χ0v) is 6.17. The summed E-state index contributed by atoms with van der Waals surface area (Å²) in [4.78, 5) is 23.0. The Morgan fingerprint density at radius 2 is 2.23 bits per heavy atom. The maximum absolute atomic E-state index is 10.4. The average Bonchev–Trinajstić information content (AvgIpc) is 2.03. The molecule has 7 nitrogen and oxygen atoms in total. The van der Waals surface area contributed by atoms with Gasteiger partial charge in [0.15, 0.2) is 0 Å². The first-order chi connectivity index (χ1) is 6.02. The van der Waals surface area contributed by atoms with Gasteiger partial charge < -0.3 is 10.2 Å². The van der Waals surface area contributed by atoms with Crippen molar-refractivity contribution in [2.75, 3.05) is 0 Å². The van der Waals surface area contributed by atoms with Crippen molar-refractivity contribution >= 4 is 11.7 Å². The predicted molar refractivity (Wildman–Crippen MR) is 39.5 cm³/mol. The van der Waals surface area contributed by atoms with E-state index in [2.05, 4.69) is 4.98 Å². The molecule has 0 spiro atoms. The Morgan fingerprint density at radius 3 is 2.69 bits per heavy atom. The molecular formula is C6H4N2O5. The van der Waals surface area contributed by atoms with Crippen LogP contribution in [0.1, 0.15) is 10.4 Å². The second-order valence-electron chi connectivity index (χ2n) is 2.12. The summed E-state index contributed by atoms with van der Waals surface area (Å²) in [5.74, 6) is -2.05. The summed E-state index contributed by atoms with van der Waals surface area (Å²) < 4.78 is 0. The van der Waals surface area contributed by atoms with Crippen LogP contribution in [-0.2, 0) is 0 Å². The molecule has 13 heavy (non-hydrogen) atoms. The number of carboxylic acids is 1. The summed E-state index contributed by atoms with van der Waals surface area (Å²) in [5.41, 5.74) is -1.23. The molecule has 1 aromatic heterocycles. The number of hydrogen-bond donors (Lipinski definition) is 2. The fraction of sp³-hybridized carbons (Fsp3) is 0. The number of hydrogen-bond acceptors (Lipinski definition) is 5. The zero-order valence-electron chi connectivity index (χ0n) is 6.17. The molecule has 1 rings (SSSR count). The van der Waals surface area contributed by atoms with E-state index in [0.717, 1.165) is 6.07 Å². The van der Waals surface area contributed by atoms with E-state index in [1.165, 1.54) is 0 Å². The van der Waals surface area contributed by atoms with Crippen molar-refractivity contribution in [1.82, 2.24) is 4.98 Å². The van der Waals surface area contributed by atoms with Gasteiger partial charge in [-0.05, 0) is 0 Å². The van der Waals surface area contributed by atoms with E-state index in [1.54, 1.807) is 0 Å². The van der Waals surface area contributed by atoms with E-state index in [-0.39, 0.29) is 0 Å². The molecule has 0 aliphatic carbocycles. The quantitative estimate of drug-likeness (QED) is 0.507. The van der Waals surface area contributed by atoms with Crippen LogP contribution in [0.4, 0.5) is 5.69 Å². The van der Waals surface area contributed by atoms with Gasteiger partial charge in [0.25, 0.3) is 0 Å². The van der Waals surface area contributed by atoms with Gasteiger partial charge in [0, 0.05) is 6.07 Å². The molecule has 1 heterocycles. The van der Waals surface area contributed by atoms with Crippen molar-refractivity contribution in [1.29, 1.82) is 0 Å². The number of nitrogens with zero attached hydrogens (tertiary/aromatic N) is 2. The van der Waals surface area contributed by atoms with Gasteiger partial charge >= 0.3 is 11.7 Å². The largest absolute Gasteiger partial charge is 0.493 e. The van der Waals surface area contributed by atoms with Gasteiger partial charge in [0.05, 0.1) is 4.92 Å². The summed E-state index contributed by atoms with van der Waals surface area (Å²) in [6, 6.07) is 0.723. The highest BCUT2D eigenvalue weighted by Crippen LogP contribution is 2.20. The molecule has 0 radical (unpaired) electrons. The lowest BCUT2D eigenvalue weighted by Crippen LogP contribution is -2.02. The van der Waals surface area contributed by atoms with Gasteiger partial charge in [0.2, 0.25) is 5.88 Å². The van der Waals surface area contributed by atoms with Crippen LogP contribution in [-0.4, -0.2) is 26.1 Å². The minimum absolute atomic E-state index is 0.567. The number of aromatic nitrogens is 1. The van der Waals surface area contributed by atoms with Gasteiger partial charge in [-0.25, -0.2) is 9.78 Å². The Morgan fingerprint density at radius 1 is 1.62 bits per heavy atom. The first-order valence-corrected chi connectivity index (χ1v) is 3.09. The number of aromatic hydroxyl groups is 1. The zero-order chi connectivity index (χ0) is 10.0. The van der Waals surface area contributed by atoms with Crippen LogP contribution in [0.5, 0.6) is 5.88 Å². The van der Waals surface area contributed by atoms with Crippen LogP contribution in [0.2, 0.25) is 0 Å². The summed E-state index contributed by atoms with van der Waals surface area (Å²) in [7, 11) is 0. The number of aromatic carboxylic acids is 1. The molecule has 0 amide bonds. The van der Waals surface area contributed by atoms with Crippen molar-refractivity contribution < 1.29 is 19.9 Å². The maximum Gasteiger partial charge on any atom is 0.342 e. The van der Waals surface area contributed by atoms with Crippen molar-refractivity contribution in [3.63, 3.8) is 0 Å². The molecule has 1 aromatic rings. The van der Waals surface area contributed by atoms with E-state index < -0.39 is 28.0 Å². The Bertz CT molecular complexity index is 375. The van der Waals surface area contributed by atoms with E-state index in [9.17, 15) is 14.9 Å². The fourth-order valence-electron chi connectivity index (χ4n) is 0.754. The third kappa shape index (κ3) is 1.70. The van der Waals surface area contributed by atoms with Gasteiger partial charge in [-0.3, -0.25) is 10.1 Å². The molecule has 0 saturated carbocycles. The van der Waals surface area contributed by atoms with E-state index >= 15 is 0 Å². The standard InChI is InChI=1S/C6H4N2O5/c9-5-1-3(6(10)11)4(2-7-5)8(12)13/h1-2H,(H,7,9)(H,10,11). The lowest BCUT2D eigenvalue weighted by molar-refractivity contribution is -0.385. The first kappa shape index (κ1) is 8.91. The number of carbonyl (C=O) groups is 1. The lowest BCUT2D eigenvalue weighted by atomic mass is 10.2. The maximum atomic E-state index is 10.4. The molecule has 0 fully saturated rings. The van der Waals surface area contributed by atoms with Crippen LogP contribution in [0.25, 0.3) is 0 Å². The molecule has 0 unspecified atom stereocenters. The minimum atomic E-state index is -1.48. The van der Waals surface area contributed by atoms with Crippen molar-refractivity contribution in [2.45, 2.75) is 0 Å². The summed E-state index contributed by atoms with van der Waals surface area (Å²) in [6.45, 7) is 0. The van der Waals surface area contributed by atoms with Crippen LogP contribution in [0, 0.1) is 10.1 Å². The van der Waals surface area contributed by atoms with Gasteiger partial charge in [0.1, 0.15) is 11.8 Å². The Kier molecular flexibility index (Phi) is 2.09. The summed E-state index contributed by atoms with van der Waals surface area (Å²) in [5, 5.41) is 27.5. The lowest BCUT2D eigenvalue weighted by Gasteiger charge is -1.96. The van der Waals surface area contributed by atoms with Crippen molar-refractivity contribution in [3.8, 4) is 5.88 Å². The van der Waals surface area contributed by atoms with Crippen LogP contribution in [0.15, 0.2) is 12.3 Å². The van der Waals surface area contributed by atoms with Crippen LogP contribution < -0.4 is 0 Å². The van der Waals surface area contributed by atoms with Crippen molar-refractivity contribution in [3.05, 3.63) is 27.9 Å². The smallest absolute Gasteiger partial charge is 0.342 e. The number of carboxylic acid groups (broad SMARTS) is 1. The van der Waals surface area contributed by atoms with Gasteiger partial charge in [-0.2, -0.15) is 0 Å². The SMILES string of the molecule is O=C(O)c1cc(O)ncc1[N+](=O)[O-]. The normalized spacial score (nSPS) is 9.54. The molecule has 0 aliphatic heterocycles. The highest BCUT2D eigenvalue weighted by atomic mass is 16.6. The second kappa shape index (κ2) is 3.05. The summed E-state index contributed by atoms with van der Waals surface area (Å²) >= 11 is 0. The highest BCUT2D eigenvalue weighted by molar-refractivity contribution is 5.92. The monoisotopic (exact) mass is 184 g/mol. The minimum Gasteiger partial charge on any atom is -0.493 e. The second-order valence-corrected chi connectivity index (χ2v) is 2.12. The van der Waals surface area contributed by atoms with E-state index in [0.29, 0.717) is 6.20 Å². The molecule has 7 heteroatoms. The Hall–Kier alpha value is -2.18. The average molecular weight is 184 g/mol. The molecular weight excluding hydrogens is 180 g/mol. The molecule has 2 N–H and O–H groups in total. The molecule has 0 atom stereocenters. The first-order valence-electron chi connectivity index (χ1n) is 3.09. The van der Waals surface area contributed by atoms with Gasteiger partial charge in [-0.1, -0.05) is 0 Å². The molecule has 0 saturated heterocycles. The van der Waals surface area contributed by atoms with Crippen LogP contribution >= 0.6 is 0 Å².